The van der Waals surface area contributed by atoms with Crippen LogP contribution in [-0.2, 0) is 51.4 Å². The molecule has 12 aromatic rings. The molecule has 4 unspecified atom stereocenters. The molecule has 8 aromatic carbocycles. The molecule has 16 heteroatoms. The van der Waals surface area contributed by atoms with Crippen LogP contribution in [0.3, 0.4) is 0 Å². The lowest BCUT2D eigenvalue weighted by Crippen LogP contribution is -2.36. The Morgan fingerprint density at radius 2 is 0.557 bits per heavy atom. The summed E-state index contributed by atoms with van der Waals surface area (Å²) >= 11 is 0. The molecule has 4 aromatic heterocycles. The normalized spacial score (nSPS) is 18.3. The second-order valence-corrected chi connectivity index (χ2v) is 25.9. The van der Waals surface area contributed by atoms with E-state index in [2.05, 4.69) is 286 Å². The van der Waals surface area contributed by atoms with Gasteiger partial charge in [-0.05, 0) is 140 Å². The average Bonchev–Trinajstić information content (AvgIpc) is 1.59. The highest BCUT2D eigenvalue weighted by Gasteiger charge is 2.49. The molecule has 0 amide bonds. The van der Waals surface area contributed by atoms with Crippen LogP contribution in [0.25, 0.3) is 0 Å². The molecule has 476 valence electrons. The maximum Gasteiger partial charge on any atom is 0.178 e. The summed E-state index contributed by atoms with van der Waals surface area (Å²) in [6.45, 7) is 6.47. The average molecular weight is 1270 g/mol. The quantitative estimate of drug-likeness (QED) is 0.156. The Balaban J connectivity index is 0.0000000942. The van der Waals surface area contributed by atoms with Crippen LogP contribution in [0, 0.1) is 6.92 Å². The van der Waals surface area contributed by atoms with Crippen molar-refractivity contribution in [3.8, 4) is 0 Å². The fourth-order valence-electron chi connectivity index (χ4n) is 16.1. The van der Waals surface area contributed by atoms with E-state index < -0.39 is 0 Å². The summed E-state index contributed by atoms with van der Waals surface area (Å²) in [5, 5.41) is 0. The number of benzene rings is 8. The predicted octanol–water partition coefficient (Wildman–Crippen LogP) is 16.9. The van der Waals surface area contributed by atoms with Gasteiger partial charge >= 0.3 is 0 Å². The van der Waals surface area contributed by atoms with Gasteiger partial charge in [0, 0.05) is 96.0 Å². The molecule has 12 heterocycles. The van der Waals surface area contributed by atoms with Crippen molar-refractivity contribution in [2.45, 2.75) is 110 Å². The third kappa shape index (κ3) is 9.62. The molecule has 0 fully saturated rings. The van der Waals surface area contributed by atoms with E-state index in [1.54, 1.807) is 24.8 Å². The van der Waals surface area contributed by atoms with Gasteiger partial charge in [-0.1, -0.05) is 159 Å². The van der Waals surface area contributed by atoms with Crippen molar-refractivity contribution >= 4 is 92.0 Å². The number of aryl methyl sites for hydroxylation is 5. The zero-order valence-corrected chi connectivity index (χ0v) is 54.6. The van der Waals surface area contributed by atoms with E-state index in [4.69, 9.17) is 19.9 Å². The number of hydrogen-bond acceptors (Lipinski definition) is 16. The molecule has 16 nitrogen and oxygen atoms in total. The van der Waals surface area contributed by atoms with Gasteiger partial charge in [0.1, 0.15) is 24.7 Å². The summed E-state index contributed by atoms with van der Waals surface area (Å²) in [7, 11) is 0. The minimum absolute atomic E-state index is 0.210. The first-order valence-corrected chi connectivity index (χ1v) is 34.3. The van der Waals surface area contributed by atoms with Gasteiger partial charge in [0.25, 0.3) is 0 Å². The molecule has 21 rings (SSSR count). The zero-order valence-electron chi connectivity index (χ0n) is 54.6. The first kappa shape index (κ1) is 58.1. The van der Waals surface area contributed by atoms with Crippen LogP contribution in [0.15, 0.2) is 237 Å². The van der Waals surface area contributed by atoms with Crippen LogP contribution in [0.5, 0.6) is 0 Å². The number of aromatic nitrogens is 8. The van der Waals surface area contributed by atoms with Crippen molar-refractivity contribution in [1.82, 2.24) is 39.9 Å². The highest BCUT2D eigenvalue weighted by molar-refractivity contribution is 5.91. The highest BCUT2D eigenvalue weighted by Crippen LogP contribution is 2.56. The maximum absolute atomic E-state index is 5.13. The fourth-order valence-corrected chi connectivity index (χ4v) is 16.1. The molecular weight excluding hydrogens is 1200 g/mol. The minimum Gasteiger partial charge on any atom is -0.302 e. The van der Waals surface area contributed by atoms with Crippen molar-refractivity contribution in [2.75, 3.05) is 39.2 Å². The van der Waals surface area contributed by atoms with E-state index in [-0.39, 0.29) is 24.7 Å². The first-order valence-electron chi connectivity index (χ1n) is 34.3. The molecular formula is C81H72N16. The minimum atomic E-state index is 0.210. The summed E-state index contributed by atoms with van der Waals surface area (Å²) in [5.74, 6) is 7.82. The predicted molar refractivity (Wildman–Crippen MR) is 387 cm³/mol. The Kier molecular flexibility index (Phi) is 14.4. The molecule has 8 aliphatic heterocycles. The summed E-state index contributed by atoms with van der Waals surface area (Å²) in [5.41, 5.74) is 21.1. The van der Waals surface area contributed by atoms with Crippen LogP contribution in [0.1, 0.15) is 77.3 Å². The summed E-state index contributed by atoms with van der Waals surface area (Å²) in [4.78, 5) is 57.7. The topological polar surface area (TPSA) is 129 Å². The summed E-state index contributed by atoms with van der Waals surface area (Å²) in [6.07, 6.45) is 18.3. The van der Waals surface area contributed by atoms with E-state index >= 15 is 0 Å². The molecule has 0 saturated carbocycles. The van der Waals surface area contributed by atoms with Gasteiger partial charge in [-0.25, -0.2) is 39.9 Å². The van der Waals surface area contributed by atoms with E-state index in [0.29, 0.717) is 0 Å². The van der Waals surface area contributed by atoms with Gasteiger partial charge in [0.15, 0.2) is 46.5 Å². The molecule has 0 radical (unpaired) electrons. The van der Waals surface area contributed by atoms with E-state index in [9.17, 15) is 0 Å². The van der Waals surface area contributed by atoms with Crippen molar-refractivity contribution in [2.24, 2.45) is 0 Å². The number of para-hydroxylation sites is 8. The molecule has 0 saturated heterocycles. The third-order valence-electron chi connectivity index (χ3n) is 20.4. The molecule has 4 atom stereocenters. The number of nitrogens with zero attached hydrogens (tertiary/aromatic N) is 16. The lowest BCUT2D eigenvalue weighted by Gasteiger charge is -2.27. The highest BCUT2D eigenvalue weighted by atomic mass is 15.5. The second kappa shape index (κ2) is 24.0. The molecule has 0 spiro atoms. The molecule has 97 heavy (non-hydrogen) atoms. The van der Waals surface area contributed by atoms with Crippen molar-refractivity contribution < 1.29 is 0 Å². The number of anilines is 16. The van der Waals surface area contributed by atoms with Crippen LogP contribution in [0.4, 0.5) is 92.0 Å². The molecule has 0 bridgehead atoms. The van der Waals surface area contributed by atoms with Gasteiger partial charge in [-0.15, -0.1) is 0 Å². The van der Waals surface area contributed by atoms with E-state index in [1.807, 2.05) is 6.07 Å². The van der Waals surface area contributed by atoms with E-state index in [0.717, 1.165) is 115 Å². The molecule has 1 aliphatic carbocycles. The van der Waals surface area contributed by atoms with Crippen molar-refractivity contribution in [1.29, 1.82) is 0 Å². The van der Waals surface area contributed by atoms with Crippen LogP contribution < -0.4 is 39.2 Å². The van der Waals surface area contributed by atoms with Crippen LogP contribution >= 0.6 is 0 Å². The maximum atomic E-state index is 5.13. The summed E-state index contributed by atoms with van der Waals surface area (Å²) < 4.78 is 0. The Hall–Kier alpha value is -11.5. The van der Waals surface area contributed by atoms with Crippen molar-refractivity contribution in [3.05, 3.63) is 288 Å². The Morgan fingerprint density at radius 1 is 0.289 bits per heavy atom. The van der Waals surface area contributed by atoms with Gasteiger partial charge in [0.05, 0.1) is 22.8 Å². The van der Waals surface area contributed by atoms with Gasteiger partial charge in [0.2, 0.25) is 0 Å². The lowest BCUT2D eigenvalue weighted by molar-refractivity contribution is 0.651. The van der Waals surface area contributed by atoms with Gasteiger partial charge in [-0.2, -0.15) is 0 Å². The Morgan fingerprint density at radius 3 is 0.928 bits per heavy atom. The number of fused-ring (bicyclic) bond motifs is 21. The van der Waals surface area contributed by atoms with Gasteiger partial charge < -0.3 is 39.2 Å². The zero-order chi connectivity index (χ0) is 64.7. The summed E-state index contributed by atoms with van der Waals surface area (Å²) in [6, 6.07) is 74.6. The van der Waals surface area contributed by atoms with Crippen LogP contribution in [-0.4, -0.2) is 64.5 Å². The Bertz CT molecular complexity index is 4750. The molecule has 9 aliphatic rings. The monoisotopic (exact) mass is 1270 g/mol. The van der Waals surface area contributed by atoms with E-state index in [1.165, 1.54) is 91.9 Å². The van der Waals surface area contributed by atoms with Crippen molar-refractivity contribution in [3.63, 3.8) is 0 Å². The SMILES string of the molecule is CCc1nc2c(nc1CC)N1c3ccccc3CC1N2c1ccccc1.Cc1ccccc1N1c2nccnc2N2c3ccccc3CC12.c1ccc(N2c3nc4c(nc3N3c5ccccc5CC23)CCCC4)cc1.c1ccc(N2c3nccnc3N3c4ccccc4CC23)cc1. The largest absolute Gasteiger partial charge is 0.302 e. The third-order valence-corrected chi connectivity index (χ3v) is 20.4. The van der Waals surface area contributed by atoms with Gasteiger partial charge in [-0.3, -0.25) is 0 Å². The lowest BCUT2D eigenvalue weighted by atomic mass is 10.0. The fraction of sp³-hybridized carbons (Fsp3) is 0.210. The number of rotatable bonds is 6. The van der Waals surface area contributed by atoms with Crippen LogP contribution in [0.2, 0.25) is 0 Å². The number of hydrogen-bond donors (Lipinski definition) is 0. The first-order chi connectivity index (χ1) is 48.0. The standard InChI is InChI=1S/C22H20N4.C22H22N4.C19H16N4.C18H14N4/c1-2-9-16(10-3-1)25-20-14-15-8-4-7-13-19(15)26(20)22-21(25)23-17-11-5-6-12-18(17)24-22;1-3-17-18(4-2)24-22-21(23-17)25(16-11-6-5-7-12-16)20-14-15-10-8-9-13-19(15)26(20)22;1-13-6-2-4-8-15(13)22-17-12-14-7-3-5-9-16(14)23(17)19-18(22)20-10-11-21-19;1-2-7-14(8-3-1)21-16-12-13-6-4-5-9-15(13)22(16)18-17(21)19-10-11-20-18/h1-4,7-10,13,20H,5-6,11-12,14H2;5-13,20H,3-4,14H2,1-2H3;2-11,17H,12H2,1H3;1-11,16H,12H2. The molecule has 0 N–H and O–H groups in total. The Labute approximate surface area is 565 Å². The second-order valence-electron chi connectivity index (χ2n) is 25.9. The smallest absolute Gasteiger partial charge is 0.178 e.